The molecule has 2 N–H and O–H groups in total. The van der Waals surface area contributed by atoms with Crippen molar-refractivity contribution in [2.75, 3.05) is 42.1 Å². The Hall–Kier alpha value is -6.67. The second-order valence-corrected chi connectivity index (χ2v) is 24.1. The molecule has 0 spiro atoms. The average molecular weight is 1060 g/mol. The third-order valence-electron chi connectivity index (χ3n) is 13.4. The van der Waals surface area contributed by atoms with Crippen molar-refractivity contribution in [2.45, 2.75) is 94.6 Å². The molecule has 0 saturated heterocycles. The van der Waals surface area contributed by atoms with Gasteiger partial charge in [0, 0.05) is 78.4 Å². The summed E-state index contributed by atoms with van der Waals surface area (Å²) in [6.45, 7) is 6.19. The summed E-state index contributed by atoms with van der Waals surface area (Å²) in [4.78, 5) is 67.1. The van der Waals surface area contributed by atoms with E-state index in [2.05, 4.69) is 28.7 Å². The molecular formula is C55H58N6O10S3. The van der Waals surface area contributed by atoms with Crippen LogP contribution in [-0.2, 0) is 49.9 Å². The summed E-state index contributed by atoms with van der Waals surface area (Å²) in [7, 11) is 2.97. The third kappa shape index (κ3) is 11.2. The first kappa shape index (κ1) is 52.2. The lowest BCUT2D eigenvalue weighted by Crippen LogP contribution is -2.39. The molecule has 0 bridgehead atoms. The summed E-state index contributed by atoms with van der Waals surface area (Å²) in [6, 6.07) is 28.0. The molecular weight excluding hydrogens is 1000 g/mol. The standard InChI is InChI=1S/C55H58N6O10S3/c1-33-20-41-43(57-29-39-24-36-12-7-9-14-45(36)60(39)53(41)64)27-47(33)70-31-34-21-35(23-38(22-34)59-51(62)16-11-18-55(2,3)73-72-19-17-50(52(63)56-4)74(66,67)69-6)32-71-49-28-44-42(26-48(49)68-5)54(65)61-40(30-58-44)25-37-13-8-10-15-46(37)61/h7-10,12-15,20-23,26-30,39-40,50H,11,16-19,24-25,31-32H2,1-6H3,(H,56,63)(H,59,62)/t39-,40-,50?/m0/s1. The Kier molecular flexibility index (Phi) is 15.5. The maximum Gasteiger partial charge on any atom is 0.279 e. The lowest BCUT2D eigenvalue weighted by molar-refractivity contribution is -0.120. The van der Waals surface area contributed by atoms with E-state index >= 15 is 0 Å². The number of rotatable bonds is 20. The highest BCUT2D eigenvalue weighted by Gasteiger charge is 2.38. The molecule has 5 aromatic rings. The van der Waals surface area contributed by atoms with Crippen molar-refractivity contribution in [2.24, 2.45) is 9.98 Å². The summed E-state index contributed by atoms with van der Waals surface area (Å²) >= 11 is 0. The van der Waals surface area contributed by atoms with Gasteiger partial charge in [-0.3, -0.25) is 43.1 Å². The molecule has 74 heavy (non-hydrogen) atoms. The van der Waals surface area contributed by atoms with E-state index in [0.29, 0.717) is 76.9 Å². The molecule has 4 aliphatic heterocycles. The number of anilines is 3. The summed E-state index contributed by atoms with van der Waals surface area (Å²) in [5.74, 6) is 0.612. The number of benzene rings is 5. The first-order valence-electron chi connectivity index (χ1n) is 24.3. The van der Waals surface area contributed by atoms with Crippen LogP contribution in [0.2, 0.25) is 0 Å². The molecule has 4 heterocycles. The van der Waals surface area contributed by atoms with Gasteiger partial charge in [0.1, 0.15) is 19.0 Å². The predicted molar refractivity (Wildman–Crippen MR) is 292 cm³/mol. The number of ether oxygens (including phenoxy) is 3. The molecule has 0 aromatic heterocycles. The van der Waals surface area contributed by atoms with Gasteiger partial charge >= 0.3 is 0 Å². The molecule has 19 heteroatoms. The number of hydrogen-bond acceptors (Lipinski definition) is 14. The molecule has 0 fully saturated rings. The highest BCUT2D eigenvalue weighted by molar-refractivity contribution is 8.77. The lowest BCUT2D eigenvalue weighted by Gasteiger charge is -2.23. The van der Waals surface area contributed by atoms with Crippen molar-refractivity contribution in [1.82, 2.24) is 5.32 Å². The van der Waals surface area contributed by atoms with Crippen molar-refractivity contribution in [3.8, 4) is 17.2 Å². The Morgan fingerprint density at radius 1 is 0.784 bits per heavy atom. The molecule has 9 rings (SSSR count). The summed E-state index contributed by atoms with van der Waals surface area (Å²) in [5.41, 5.74) is 8.60. The Morgan fingerprint density at radius 3 is 1.93 bits per heavy atom. The van der Waals surface area contributed by atoms with Crippen molar-refractivity contribution in [3.63, 3.8) is 0 Å². The normalized spacial score (nSPS) is 16.7. The average Bonchev–Trinajstić information content (AvgIpc) is 3.88. The van der Waals surface area contributed by atoms with Gasteiger partial charge in [-0.15, -0.1) is 0 Å². The zero-order chi connectivity index (χ0) is 52.3. The van der Waals surface area contributed by atoms with Gasteiger partial charge in [0.25, 0.3) is 21.9 Å². The van der Waals surface area contributed by atoms with Crippen LogP contribution >= 0.6 is 21.6 Å². The van der Waals surface area contributed by atoms with Gasteiger partial charge < -0.3 is 24.8 Å². The molecule has 4 aliphatic rings. The van der Waals surface area contributed by atoms with Crippen molar-refractivity contribution in [1.29, 1.82) is 0 Å². The van der Waals surface area contributed by atoms with E-state index < -0.39 is 21.3 Å². The second kappa shape index (κ2) is 22.0. The number of nitrogens with one attached hydrogen (secondary N) is 2. The minimum atomic E-state index is -4.04. The van der Waals surface area contributed by atoms with Gasteiger partial charge in [-0.2, -0.15) is 8.42 Å². The molecule has 3 atom stereocenters. The molecule has 0 saturated carbocycles. The first-order chi connectivity index (χ1) is 35.6. The SMILES string of the molecule is CNC(=O)C(CCSSC(C)(C)CCCC(=O)Nc1cc(COc2cc3c(cc2C)C(=O)N2c4ccccc4C[C@H]2C=N3)cc(COc2cc3c(cc2OC)C(=O)N2c4ccccc4C[C@H]2C=N3)c1)S(=O)(=O)OC. The fourth-order valence-corrected chi connectivity index (χ4v) is 13.6. The van der Waals surface area contributed by atoms with Crippen LogP contribution in [0.4, 0.5) is 28.4 Å². The van der Waals surface area contributed by atoms with E-state index in [9.17, 15) is 27.6 Å². The molecule has 0 radical (unpaired) electrons. The van der Waals surface area contributed by atoms with Gasteiger partial charge in [0.2, 0.25) is 11.8 Å². The summed E-state index contributed by atoms with van der Waals surface area (Å²) in [5, 5.41) is 4.18. The highest BCUT2D eigenvalue weighted by Crippen LogP contribution is 2.43. The predicted octanol–water partition coefficient (Wildman–Crippen LogP) is 9.49. The maximum absolute atomic E-state index is 14.1. The van der Waals surface area contributed by atoms with Crippen molar-refractivity contribution in [3.05, 3.63) is 130 Å². The third-order valence-corrected chi connectivity index (χ3v) is 18.4. The number of aliphatic imine (C=N–C) groups is 2. The number of carbonyl (C=O) groups is 4. The second-order valence-electron chi connectivity index (χ2n) is 19.1. The summed E-state index contributed by atoms with van der Waals surface area (Å²) < 4.78 is 47.7. The van der Waals surface area contributed by atoms with E-state index in [1.807, 2.05) is 97.0 Å². The molecule has 16 nitrogen and oxygen atoms in total. The quantitative estimate of drug-likeness (QED) is 0.0427. The fourth-order valence-electron chi connectivity index (χ4n) is 9.69. The zero-order valence-electron chi connectivity index (χ0n) is 42.0. The molecule has 0 aliphatic carbocycles. The Bertz CT molecular complexity index is 3200. The van der Waals surface area contributed by atoms with Crippen molar-refractivity contribution < 1.29 is 46.0 Å². The van der Waals surface area contributed by atoms with Gasteiger partial charge in [-0.25, -0.2) is 0 Å². The molecule has 386 valence electrons. The minimum Gasteiger partial charge on any atom is -0.493 e. The number of amides is 4. The fraction of sp³-hybridized carbons (Fsp3) is 0.345. The highest BCUT2D eigenvalue weighted by atomic mass is 33.1. The van der Waals surface area contributed by atoms with E-state index in [1.165, 1.54) is 25.0 Å². The Morgan fingerprint density at radius 2 is 1.35 bits per heavy atom. The topological polar surface area (TPSA) is 195 Å². The first-order valence-corrected chi connectivity index (χ1v) is 28.1. The maximum atomic E-state index is 14.1. The van der Waals surface area contributed by atoms with E-state index in [-0.39, 0.29) is 60.6 Å². The lowest BCUT2D eigenvalue weighted by atomic mass is 10.0. The Balaban J connectivity index is 0.900. The van der Waals surface area contributed by atoms with Crippen LogP contribution < -0.4 is 34.6 Å². The number of aryl methyl sites for hydroxylation is 1. The molecule has 1 unspecified atom stereocenters. The number of para-hydroxylation sites is 2. The van der Waals surface area contributed by atoms with Crippen LogP contribution in [0.15, 0.2) is 101 Å². The number of hydrogen-bond donors (Lipinski definition) is 2. The zero-order valence-corrected chi connectivity index (χ0v) is 44.5. The van der Waals surface area contributed by atoms with Crippen LogP contribution in [-0.4, -0.2) is 93.6 Å². The van der Waals surface area contributed by atoms with Gasteiger partial charge in [0.05, 0.1) is 48.8 Å². The monoisotopic (exact) mass is 1060 g/mol. The van der Waals surface area contributed by atoms with Crippen LogP contribution in [0.5, 0.6) is 17.2 Å². The van der Waals surface area contributed by atoms with Crippen molar-refractivity contribution >= 4 is 96.2 Å². The van der Waals surface area contributed by atoms with Crippen LogP contribution in [0.1, 0.15) is 88.1 Å². The van der Waals surface area contributed by atoms with Crippen LogP contribution in [0.25, 0.3) is 0 Å². The largest absolute Gasteiger partial charge is 0.493 e. The van der Waals surface area contributed by atoms with E-state index in [1.54, 1.807) is 33.9 Å². The van der Waals surface area contributed by atoms with E-state index in [4.69, 9.17) is 24.2 Å². The number of nitrogens with zero attached hydrogens (tertiary/aromatic N) is 4. The van der Waals surface area contributed by atoms with Crippen LogP contribution in [0.3, 0.4) is 0 Å². The van der Waals surface area contributed by atoms with Gasteiger partial charge in [-0.05, 0) is 110 Å². The summed E-state index contributed by atoms with van der Waals surface area (Å²) in [6.07, 6.45) is 6.58. The van der Waals surface area contributed by atoms with Gasteiger partial charge in [-0.1, -0.05) is 58.0 Å². The van der Waals surface area contributed by atoms with Crippen LogP contribution in [0, 0.1) is 6.92 Å². The Labute approximate surface area is 439 Å². The molecule has 5 aromatic carbocycles. The smallest absolute Gasteiger partial charge is 0.279 e. The van der Waals surface area contributed by atoms with E-state index in [0.717, 1.165) is 46.3 Å². The minimum absolute atomic E-state index is 0.0610. The number of methoxy groups -OCH3 is 1. The number of fused-ring (bicyclic) bond motifs is 8. The molecule has 4 amide bonds. The van der Waals surface area contributed by atoms with Gasteiger partial charge in [0.15, 0.2) is 16.7 Å². The number of carbonyl (C=O) groups excluding carboxylic acids is 4.